The van der Waals surface area contributed by atoms with Crippen LogP contribution < -0.4 is 0 Å². The quantitative estimate of drug-likeness (QED) is 0.708. The maximum atomic E-state index is 9.63. The van der Waals surface area contributed by atoms with Crippen molar-refractivity contribution >= 4 is 0 Å². The lowest BCUT2D eigenvalue weighted by Crippen LogP contribution is -2.15. The molecule has 0 unspecified atom stereocenters. The Hall–Kier alpha value is -0.0400. The SMILES string of the molecule is O[C@@H]1CCC[C@H]1CCCC1CCC1. The summed E-state index contributed by atoms with van der Waals surface area (Å²) in [5.74, 6) is 1.71. The van der Waals surface area contributed by atoms with Gasteiger partial charge in [-0.15, -0.1) is 0 Å². The van der Waals surface area contributed by atoms with Crippen molar-refractivity contribution in [1.29, 1.82) is 0 Å². The summed E-state index contributed by atoms with van der Waals surface area (Å²) in [6, 6.07) is 0. The van der Waals surface area contributed by atoms with Crippen LogP contribution in [0.4, 0.5) is 0 Å². The van der Waals surface area contributed by atoms with Crippen molar-refractivity contribution in [1.82, 2.24) is 0 Å². The summed E-state index contributed by atoms with van der Waals surface area (Å²) in [5.41, 5.74) is 0. The van der Waals surface area contributed by atoms with Crippen LogP contribution in [0.2, 0.25) is 0 Å². The molecule has 13 heavy (non-hydrogen) atoms. The maximum absolute atomic E-state index is 9.63. The van der Waals surface area contributed by atoms with Crippen LogP contribution >= 0.6 is 0 Å². The lowest BCUT2D eigenvalue weighted by Gasteiger charge is -2.25. The van der Waals surface area contributed by atoms with E-state index in [1.165, 1.54) is 51.4 Å². The van der Waals surface area contributed by atoms with Gasteiger partial charge in [0, 0.05) is 0 Å². The number of hydrogen-bond acceptors (Lipinski definition) is 1. The molecule has 0 heterocycles. The van der Waals surface area contributed by atoms with E-state index in [1.807, 2.05) is 0 Å². The second-order valence-electron chi connectivity index (χ2n) is 4.99. The summed E-state index contributed by atoms with van der Waals surface area (Å²) in [6.45, 7) is 0. The van der Waals surface area contributed by atoms with Crippen LogP contribution in [-0.2, 0) is 0 Å². The van der Waals surface area contributed by atoms with Gasteiger partial charge in [0.25, 0.3) is 0 Å². The van der Waals surface area contributed by atoms with Gasteiger partial charge >= 0.3 is 0 Å². The van der Waals surface area contributed by atoms with Crippen LogP contribution in [0.25, 0.3) is 0 Å². The standard InChI is InChI=1S/C12H22O/c13-12-9-3-8-11(12)7-2-6-10-4-1-5-10/h10-13H,1-9H2/t11-,12-/m1/s1. The van der Waals surface area contributed by atoms with Crippen LogP contribution in [0.15, 0.2) is 0 Å². The molecule has 76 valence electrons. The predicted molar refractivity (Wildman–Crippen MR) is 54.5 cm³/mol. The minimum atomic E-state index is 0.0430. The zero-order chi connectivity index (χ0) is 9.10. The molecule has 0 spiro atoms. The Bertz CT molecular complexity index is 151. The average Bonchev–Trinajstić information content (AvgIpc) is 2.42. The zero-order valence-electron chi connectivity index (χ0n) is 8.54. The molecule has 1 nitrogen and oxygen atoms in total. The average molecular weight is 182 g/mol. The highest BCUT2D eigenvalue weighted by molar-refractivity contribution is 4.77. The Morgan fingerprint density at radius 1 is 0.923 bits per heavy atom. The van der Waals surface area contributed by atoms with Gasteiger partial charge in [0.2, 0.25) is 0 Å². The molecule has 2 aliphatic rings. The van der Waals surface area contributed by atoms with E-state index in [9.17, 15) is 5.11 Å². The van der Waals surface area contributed by atoms with Crippen LogP contribution in [0.5, 0.6) is 0 Å². The number of aliphatic hydroxyl groups excluding tert-OH is 1. The van der Waals surface area contributed by atoms with E-state index in [2.05, 4.69) is 0 Å². The van der Waals surface area contributed by atoms with E-state index in [1.54, 1.807) is 0 Å². The summed E-state index contributed by atoms with van der Waals surface area (Å²) in [5, 5.41) is 9.63. The minimum Gasteiger partial charge on any atom is -0.393 e. The molecule has 0 radical (unpaired) electrons. The van der Waals surface area contributed by atoms with Gasteiger partial charge in [0.1, 0.15) is 0 Å². The first-order valence-corrected chi connectivity index (χ1v) is 6.04. The summed E-state index contributed by atoms with van der Waals surface area (Å²) < 4.78 is 0. The Labute approximate surface area is 81.5 Å². The van der Waals surface area contributed by atoms with Crippen LogP contribution in [0.3, 0.4) is 0 Å². The molecule has 2 fully saturated rings. The predicted octanol–water partition coefficient (Wildman–Crippen LogP) is 3.12. The zero-order valence-corrected chi connectivity index (χ0v) is 8.54. The smallest absolute Gasteiger partial charge is 0.0568 e. The number of hydrogen-bond donors (Lipinski definition) is 1. The van der Waals surface area contributed by atoms with E-state index >= 15 is 0 Å². The molecule has 0 bridgehead atoms. The molecule has 1 heteroatoms. The molecular formula is C12H22O. The van der Waals surface area contributed by atoms with Gasteiger partial charge in [-0.3, -0.25) is 0 Å². The second-order valence-corrected chi connectivity index (χ2v) is 4.99. The lowest BCUT2D eigenvalue weighted by atomic mass is 9.81. The Morgan fingerprint density at radius 2 is 1.69 bits per heavy atom. The third kappa shape index (κ3) is 2.46. The van der Waals surface area contributed by atoms with Crippen molar-refractivity contribution in [3.05, 3.63) is 0 Å². The molecule has 2 rings (SSSR count). The summed E-state index contributed by atoms with van der Waals surface area (Å²) in [4.78, 5) is 0. The van der Waals surface area contributed by atoms with Crippen LogP contribution in [-0.4, -0.2) is 11.2 Å². The molecule has 2 atom stereocenters. The van der Waals surface area contributed by atoms with Gasteiger partial charge in [-0.2, -0.15) is 0 Å². The molecule has 0 aliphatic heterocycles. The monoisotopic (exact) mass is 182 g/mol. The molecule has 0 amide bonds. The first-order chi connectivity index (χ1) is 6.36. The van der Waals surface area contributed by atoms with E-state index in [0.29, 0.717) is 5.92 Å². The van der Waals surface area contributed by atoms with Crippen molar-refractivity contribution < 1.29 is 5.11 Å². The number of aliphatic hydroxyl groups is 1. The van der Waals surface area contributed by atoms with Crippen molar-refractivity contribution in [3.63, 3.8) is 0 Å². The Balaban J connectivity index is 1.56. The van der Waals surface area contributed by atoms with Crippen molar-refractivity contribution in [3.8, 4) is 0 Å². The Morgan fingerprint density at radius 3 is 2.23 bits per heavy atom. The second kappa shape index (κ2) is 4.45. The molecule has 0 aromatic rings. The molecule has 0 saturated heterocycles. The highest BCUT2D eigenvalue weighted by Crippen LogP contribution is 2.34. The van der Waals surface area contributed by atoms with Crippen LogP contribution in [0, 0.1) is 11.8 Å². The minimum absolute atomic E-state index is 0.0430. The molecule has 2 saturated carbocycles. The molecule has 2 aliphatic carbocycles. The summed E-state index contributed by atoms with van der Waals surface area (Å²) >= 11 is 0. The number of rotatable bonds is 4. The maximum Gasteiger partial charge on any atom is 0.0568 e. The Kier molecular flexibility index (Phi) is 3.26. The third-order valence-electron chi connectivity index (χ3n) is 4.03. The molecule has 0 aromatic carbocycles. The molecule has 0 aromatic heterocycles. The fourth-order valence-electron chi connectivity index (χ4n) is 2.80. The lowest BCUT2D eigenvalue weighted by molar-refractivity contribution is 0.124. The van der Waals surface area contributed by atoms with Crippen molar-refractivity contribution in [2.45, 2.75) is 63.9 Å². The highest BCUT2D eigenvalue weighted by Gasteiger charge is 2.25. The molecule has 1 N–H and O–H groups in total. The van der Waals surface area contributed by atoms with Gasteiger partial charge in [-0.25, -0.2) is 0 Å². The van der Waals surface area contributed by atoms with Crippen molar-refractivity contribution in [2.75, 3.05) is 0 Å². The van der Waals surface area contributed by atoms with Gasteiger partial charge in [0.05, 0.1) is 6.10 Å². The fourth-order valence-corrected chi connectivity index (χ4v) is 2.80. The van der Waals surface area contributed by atoms with Crippen molar-refractivity contribution in [2.24, 2.45) is 11.8 Å². The van der Waals surface area contributed by atoms with Gasteiger partial charge in [-0.05, 0) is 31.1 Å². The van der Waals surface area contributed by atoms with Gasteiger partial charge in [-0.1, -0.05) is 38.5 Å². The summed E-state index contributed by atoms with van der Waals surface area (Å²) in [7, 11) is 0. The first-order valence-electron chi connectivity index (χ1n) is 6.04. The van der Waals surface area contributed by atoms with E-state index in [0.717, 1.165) is 12.3 Å². The fraction of sp³-hybridized carbons (Fsp3) is 1.00. The first kappa shape index (κ1) is 9.51. The van der Waals surface area contributed by atoms with E-state index < -0.39 is 0 Å². The van der Waals surface area contributed by atoms with Gasteiger partial charge in [0.15, 0.2) is 0 Å². The molecular weight excluding hydrogens is 160 g/mol. The van der Waals surface area contributed by atoms with E-state index in [-0.39, 0.29) is 6.10 Å². The van der Waals surface area contributed by atoms with E-state index in [4.69, 9.17) is 0 Å². The topological polar surface area (TPSA) is 20.2 Å². The normalized spacial score (nSPS) is 34.8. The van der Waals surface area contributed by atoms with Gasteiger partial charge < -0.3 is 5.11 Å². The summed E-state index contributed by atoms with van der Waals surface area (Å²) in [6.07, 6.45) is 12.2. The largest absolute Gasteiger partial charge is 0.393 e. The third-order valence-corrected chi connectivity index (χ3v) is 4.03. The highest BCUT2D eigenvalue weighted by atomic mass is 16.3. The van der Waals surface area contributed by atoms with Crippen LogP contribution in [0.1, 0.15) is 57.8 Å².